The standard InChI is InChI=1S/C21H23F2NO2/c1-2-13-24(17-12-11-15-7-3-4-8-16(15)14-17)20(25)18-9-5-6-10-19(18)26-21(22)23/h3-10,17,21H,2,11-14H2,1H3. The molecule has 1 atom stereocenters. The quantitative estimate of drug-likeness (QED) is 0.748. The van der Waals surface area contributed by atoms with Crippen LogP contribution in [0.15, 0.2) is 48.5 Å². The molecule has 0 bridgehead atoms. The summed E-state index contributed by atoms with van der Waals surface area (Å²) >= 11 is 0. The molecule has 0 N–H and O–H groups in total. The lowest BCUT2D eigenvalue weighted by Gasteiger charge is -2.35. The van der Waals surface area contributed by atoms with Crippen molar-refractivity contribution in [1.29, 1.82) is 0 Å². The highest BCUT2D eigenvalue weighted by molar-refractivity contribution is 5.97. The fourth-order valence-corrected chi connectivity index (χ4v) is 3.63. The van der Waals surface area contributed by atoms with Gasteiger partial charge in [0, 0.05) is 12.6 Å². The van der Waals surface area contributed by atoms with Crippen molar-refractivity contribution in [2.24, 2.45) is 0 Å². The van der Waals surface area contributed by atoms with Crippen LogP contribution in [0.25, 0.3) is 0 Å². The molecule has 138 valence electrons. The largest absolute Gasteiger partial charge is 0.434 e. The Labute approximate surface area is 152 Å². The summed E-state index contributed by atoms with van der Waals surface area (Å²) in [4.78, 5) is 15.0. The van der Waals surface area contributed by atoms with Crippen molar-refractivity contribution in [3.05, 3.63) is 65.2 Å². The molecule has 3 rings (SSSR count). The molecule has 0 aliphatic heterocycles. The van der Waals surface area contributed by atoms with Crippen LogP contribution < -0.4 is 4.74 Å². The van der Waals surface area contributed by atoms with Gasteiger partial charge in [-0.1, -0.05) is 43.3 Å². The van der Waals surface area contributed by atoms with Crippen molar-refractivity contribution in [3.63, 3.8) is 0 Å². The molecular weight excluding hydrogens is 336 g/mol. The van der Waals surface area contributed by atoms with Crippen LogP contribution in [0, 0.1) is 0 Å². The lowest BCUT2D eigenvalue weighted by Crippen LogP contribution is -2.44. The predicted octanol–water partition coefficient (Wildman–Crippen LogP) is 4.70. The second-order valence-electron chi connectivity index (χ2n) is 6.54. The van der Waals surface area contributed by atoms with E-state index in [1.165, 1.54) is 17.2 Å². The number of para-hydroxylation sites is 1. The smallest absolute Gasteiger partial charge is 0.387 e. The van der Waals surface area contributed by atoms with Gasteiger partial charge < -0.3 is 9.64 Å². The summed E-state index contributed by atoms with van der Waals surface area (Å²) in [7, 11) is 0. The van der Waals surface area contributed by atoms with E-state index in [2.05, 4.69) is 16.9 Å². The first-order valence-corrected chi connectivity index (χ1v) is 9.01. The molecule has 26 heavy (non-hydrogen) atoms. The van der Waals surface area contributed by atoms with Crippen molar-refractivity contribution in [3.8, 4) is 5.75 Å². The number of carbonyl (C=O) groups is 1. The molecule has 0 fully saturated rings. The van der Waals surface area contributed by atoms with Crippen LogP contribution in [0.5, 0.6) is 5.75 Å². The first-order valence-electron chi connectivity index (χ1n) is 9.01. The minimum atomic E-state index is -2.95. The molecule has 5 heteroatoms. The maximum absolute atomic E-state index is 13.1. The highest BCUT2D eigenvalue weighted by atomic mass is 19.3. The van der Waals surface area contributed by atoms with Crippen LogP contribution in [0.2, 0.25) is 0 Å². The first-order chi connectivity index (χ1) is 12.6. The van der Waals surface area contributed by atoms with Gasteiger partial charge in [0.1, 0.15) is 5.75 Å². The number of aryl methyl sites for hydroxylation is 1. The molecule has 2 aromatic rings. The minimum absolute atomic E-state index is 0.0650. The maximum Gasteiger partial charge on any atom is 0.387 e. The molecule has 2 aromatic carbocycles. The molecule has 1 aliphatic rings. The van der Waals surface area contributed by atoms with Gasteiger partial charge in [0.2, 0.25) is 0 Å². The van der Waals surface area contributed by atoms with E-state index in [9.17, 15) is 13.6 Å². The Bertz CT molecular complexity index is 763. The summed E-state index contributed by atoms with van der Waals surface area (Å²) in [6.45, 7) is -0.349. The Kier molecular flexibility index (Phi) is 5.86. The van der Waals surface area contributed by atoms with Crippen LogP contribution in [0.3, 0.4) is 0 Å². The Balaban J connectivity index is 1.86. The third-order valence-corrected chi connectivity index (χ3v) is 4.82. The number of carbonyl (C=O) groups excluding carboxylic acids is 1. The topological polar surface area (TPSA) is 29.5 Å². The summed E-state index contributed by atoms with van der Waals surface area (Å²) in [5, 5.41) is 0. The second kappa shape index (κ2) is 8.30. The van der Waals surface area contributed by atoms with E-state index in [0.29, 0.717) is 6.54 Å². The number of hydrogen-bond acceptors (Lipinski definition) is 2. The zero-order valence-corrected chi connectivity index (χ0v) is 14.8. The van der Waals surface area contributed by atoms with Crippen LogP contribution in [0.1, 0.15) is 41.3 Å². The summed E-state index contributed by atoms with van der Waals surface area (Å²) < 4.78 is 29.9. The van der Waals surface area contributed by atoms with Crippen molar-refractivity contribution in [2.75, 3.05) is 6.54 Å². The fraction of sp³-hybridized carbons (Fsp3) is 0.381. The summed E-state index contributed by atoms with van der Waals surface area (Å²) in [6, 6.07) is 14.6. The number of ether oxygens (including phenoxy) is 1. The van der Waals surface area contributed by atoms with E-state index in [1.54, 1.807) is 18.2 Å². The number of halogens is 2. The molecule has 1 unspecified atom stereocenters. The molecule has 0 saturated heterocycles. The summed E-state index contributed by atoms with van der Waals surface area (Å²) in [5.41, 5.74) is 2.78. The first kappa shape index (κ1) is 18.4. The van der Waals surface area contributed by atoms with Gasteiger partial charge in [-0.25, -0.2) is 0 Å². The number of hydrogen-bond donors (Lipinski definition) is 0. The fourth-order valence-electron chi connectivity index (χ4n) is 3.63. The Morgan fingerprint density at radius 3 is 2.58 bits per heavy atom. The van der Waals surface area contributed by atoms with Gasteiger partial charge in [-0.05, 0) is 48.9 Å². The van der Waals surface area contributed by atoms with Crippen LogP contribution in [-0.2, 0) is 12.8 Å². The Morgan fingerprint density at radius 2 is 1.85 bits per heavy atom. The number of fused-ring (bicyclic) bond motifs is 1. The van der Waals surface area contributed by atoms with E-state index < -0.39 is 6.61 Å². The average Bonchev–Trinajstić information content (AvgIpc) is 2.65. The second-order valence-corrected chi connectivity index (χ2v) is 6.54. The summed E-state index contributed by atoms with van der Waals surface area (Å²) in [5.74, 6) is -0.308. The molecule has 0 heterocycles. The number of nitrogens with zero attached hydrogens (tertiary/aromatic N) is 1. The molecule has 0 radical (unpaired) electrons. The van der Waals surface area contributed by atoms with Gasteiger partial charge in [0.25, 0.3) is 5.91 Å². The highest BCUT2D eigenvalue weighted by Crippen LogP contribution is 2.28. The predicted molar refractivity (Wildman–Crippen MR) is 96.7 cm³/mol. The zero-order chi connectivity index (χ0) is 18.5. The van der Waals surface area contributed by atoms with E-state index in [1.807, 2.05) is 24.0 Å². The molecule has 1 aliphatic carbocycles. The van der Waals surface area contributed by atoms with E-state index in [-0.39, 0.29) is 23.3 Å². The van der Waals surface area contributed by atoms with Gasteiger partial charge in [-0.3, -0.25) is 4.79 Å². The molecule has 0 spiro atoms. The third kappa shape index (κ3) is 4.03. The lowest BCUT2D eigenvalue weighted by atomic mass is 9.87. The lowest BCUT2D eigenvalue weighted by molar-refractivity contribution is -0.0503. The zero-order valence-electron chi connectivity index (χ0n) is 14.8. The number of rotatable bonds is 6. The van der Waals surface area contributed by atoms with E-state index >= 15 is 0 Å². The molecular formula is C21H23F2NO2. The summed E-state index contributed by atoms with van der Waals surface area (Å²) in [6.07, 6.45) is 3.39. The number of amides is 1. The molecule has 3 nitrogen and oxygen atoms in total. The van der Waals surface area contributed by atoms with Crippen molar-refractivity contribution < 1.29 is 18.3 Å². The van der Waals surface area contributed by atoms with Crippen LogP contribution >= 0.6 is 0 Å². The van der Waals surface area contributed by atoms with Gasteiger partial charge in [0.05, 0.1) is 5.56 Å². The normalized spacial score (nSPS) is 16.2. The van der Waals surface area contributed by atoms with Gasteiger partial charge in [-0.15, -0.1) is 0 Å². The van der Waals surface area contributed by atoms with Crippen molar-refractivity contribution >= 4 is 5.91 Å². The van der Waals surface area contributed by atoms with Crippen LogP contribution in [0.4, 0.5) is 8.78 Å². The van der Waals surface area contributed by atoms with Crippen molar-refractivity contribution in [1.82, 2.24) is 4.90 Å². The monoisotopic (exact) mass is 359 g/mol. The Hall–Kier alpha value is -2.43. The van der Waals surface area contributed by atoms with Gasteiger partial charge in [-0.2, -0.15) is 8.78 Å². The molecule has 1 amide bonds. The van der Waals surface area contributed by atoms with Gasteiger partial charge >= 0.3 is 6.61 Å². The Morgan fingerprint density at radius 1 is 1.15 bits per heavy atom. The number of benzene rings is 2. The average molecular weight is 359 g/mol. The van der Waals surface area contributed by atoms with Crippen LogP contribution in [-0.4, -0.2) is 30.0 Å². The number of alkyl halides is 2. The third-order valence-electron chi connectivity index (χ3n) is 4.82. The highest BCUT2D eigenvalue weighted by Gasteiger charge is 2.29. The molecule has 0 aromatic heterocycles. The molecule has 0 saturated carbocycles. The van der Waals surface area contributed by atoms with Crippen molar-refractivity contribution in [2.45, 2.75) is 45.3 Å². The van der Waals surface area contributed by atoms with E-state index in [4.69, 9.17) is 0 Å². The SMILES string of the molecule is CCCN(C(=O)c1ccccc1OC(F)F)C1CCc2ccccc2C1. The maximum atomic E-state index is 13.1. The van der Waals surface area contributed by atoms with E-state index in [0.717, 1.165) is 25.7 Å². The minimum Gasteiger partial charge on any atom is -0.434 e. The van der Waals surface area contributed by atoms with Gasteiger partial charge in [0.15, 0.2) is 0 Å².